The molecule has 0 aromatic heterocycles. The second-order valence-electron chi connectivity index (χ2n) is 4.90. The lowest BCUT2D eigenvalue weighted by Crippen LogP contribution is -2.29. The molecule has 0 saturated carbocycles. The molecule has 0 aliphatic heterocycles. The van der Waals surface area contributed by atoms with E-state index in [4.69, 9.17) is 4.84 Å². The topological polar surface area (TPSA) is 50.7 Å². The van der Waals surface area contributed by atoms with Gasteiger partial charge in [0.2, 0.25) is 0 Å². The van der Waals surface area contributed by atoms with Crippen LogP contribution in [0.1, 0.15) is 24.1 Å². The van der Waals surface area contributed by atoms with Gasteiger partial charge in [0.25, 0.3) is 5.91 Å². The number of oxime groups is 1. The van der Waals surface area contributed by atoms with Gasteiger partial charge in [0, 0.05) is 0 Å². The molecule has 120 valence electrons. The Morgan fingerprint density at radius 1 is 1.13 bits per heavy atom. The Bertz CT molecular complexity index is 670. The Labute approximate surface area is 132 Å². The van der Waals surface area contributed by atoms with Crippen molar-refractivity contribution in [3.05, 3.63) is 71.3 Å². The summed E-state index contributed by atoms with van der Waals surface area (Å²) in [6, 6.07) is 11.3. The summed E-state index contributed by atoms with van der Waals surface area (Å²) in [7, 11) is 0. The summed E-state index contributed by atoms with van der Waals surface area (Å²) in [5.41, 5.74) is 1.45. The minimum atomic E-state index is -0.349. The van der Waals surface area contributed by atoms with Crippen LogP contribution in [0.3, 0.4) is 0 Å². The average molecular weight is 318 g/mol. The number of nitrogens with one attached hydrogen (secondary N) is 1. The van der Waals surface area contributed by atoms with Gasteiger partial charge in [0.05, 0.1) is 12.3 Å². The molecule has 4 nitrogen and oxygen atoms in total. The minimum absolute atomic E-state index is 0.247. The van der Waals surface area contributed by atoms with Crippen LogP contribution in [0, 0.1) is 11.6 Å². The van der Waals surface area contributed by atoms with Crippen molar-refractivity contribution in [2.75, 3.05) is 6.61 Å². The number of rotatable bonds is 6. The molecule has 0 heterocycles. The molecule has 1 N–H and O–H groups in total. The van der Waals surface area contributed by atoms with Gasteiger partial charge in [-0.1, -0.05) is 29.4 Å². The summed E-state index contributed by atoms with van der Waals surface area (Å²) >= 11 is 0. The van der Waals surface area contributed by atoms with Crippen molar-refractivity contribution in [1.82, 2.24) is 5.32 Å². The van der Waals surface area contributed by atoms with Crippen LogP contribution in [0.5, 0.6) is 0 Å². The maximum Gasteiger partial charge on any atom is 0.261 e. The Morgan fingerprint density at radius 2 is 1.70 bits per heavy atom. The molecule has 0 spiro atoms. The Kier molecular flexibility index (Phi) is 5.80. The van der Waals surface area contributed by atoms with Crippen molar-refractivity contribution in [1.29, 1.82) is 0 Å². The summed E-state index contributed by atoms with van der Waals surface area (Å²) < 4.78 is 25.6. The highest BCUT2D eigenvalue weighted by Crippen LogP contribution is 2.12. The van der Waals surface area contributed by atoms with E-state index in [-0.39, 0.29) is 30.2 Å². The molecule has 2 aromatic carbocycles. The van der Waals surface area contributed by atoms with Crippen LogP contribution in [0.15, 0.2) is 53.7 Å². The predicted molar refractivity (Wildman–Crippen MR) is 82.9 cm³/mol. The van der Waals surface area contributed by atoms with Crippen LogP contribution < -0.4 is 5.32 Å². The van der Waals surface area contributed by atoms with E-state index in [1.165, 1.54) is 30.5 Å². The first-order valence-corrected chi connectivity index (χ1v) is 7.00. The van der Waals surface area contributed by atoms with Crippen molar-refractivity contribution < 1.29 is 18.4 Å². The lowest BCUT2D eigenvalue weighted by Gasteiger charge is -2.13. The SMILES string of the molecule is CC(NC(=O)CO/N=C/c1ccc(F)cc1)c1ccc(F)cc1. The lowest BCUT2D eigenvalue weighted by molar-refractivity contribution is -0.126. The first-order valence-electron chi connectivity index (χ1n) is 7.00. The molecule has 0 fully saturated rings. The van der Waals surface area contributed by atoms with Crippen molar-refractivity contribution >= 4 is 12.1 Å². The monoisotopic (exact) mass is 318 g/mol. The third kappa shape index (κ3) is 5.50. The van der Waals surface area contributed by atoms with E-state index in [9.17, 15) is 13.6 Å². The molecule has 0 aliphatic rings. The summed E-state index contributed by atoms with van der Waals surface area (Å²) in [5.74, 6) is -1.01. The van der Waals surface area contributed by atoms with Gasteiger partial charge in [0.1, 0.15) is 11.6 Å². The van der Waals surface area contributed by atoms with Gasteiger partial charge < -0.3 is 10.2 Å². The van der Waals surface area contributed by atoms with Gasteiger partial charge in [0.15, 0.2) is 6.61 Å². The van der Waals surface area contributed by atoms with E-state index in [1.807, 2.05) is 0 Å². The largest absolute Gasteiger partial charge is 0.386 e. The molecule has 1 atom stereocenters. The van der Waals surface area contributed by atoms with Crippen molar-refractivity contribution in [2.45, 2.75) is 13.0 Å². The number of halogens is 2. The second-order valence-corrected chi connectivity index (χ2v) is 4.90. The number of nitrogens with zero attached hydrogens (tertiary/aromatic N) is 1. The highest BCUT2D eigenvalue weighted by Gasteiger charge is 2.09. The quantitative estimate of drug-likeness (QED) is 0.657. The number of amides is 1. The van der Waals surface area contributed by atoms with Crippen LogP contribution in [-0.4, -0.2) is 18.7 Å². The highest BCUT2D eigenvalue weighted by molar-refractivity contribution is 5.79. The summed E-state index contributed by atoms with van der Waals surface area (Å²) in [6.07, 6.45) is 1.39. The number of hydrogen-bond acceptors (Lipinski definition) is 3. The maximum atomic E-state index is 12.8. The lowest BCUT2D eigenvalue weighted by atomic mass is 10.1. The van der Waals surface area contributed by atoms with Crippen LogP contribution in [-0.2, 0) is 9.63 Å². The predicted octanol–water partition coefficient (Wildman–Crippen LogP) is 3.19. The fraction of sp³-hybridized carbons (Fsp3) is 0.176. The first-order chi connectivity index (χ1) is 11.0. The molecule has 0 radical (unpaired) electrons. The van der Waals surface area contributed by atoms with Gasteiger partial charge in [-0.3, -0.25) is 4.79 Å². The summed E-state index contributed by atoms with van der Waals surface area (Å²) in [6.45, 7) is 1.54. The fourth-order valence-corrected chi connectivity index (χ4v) is 1.86. The van der Waals surface area contributed by atoms with E-state index in [2.05, 4.69) is 10.5 Å². The Morgan fingerprint density at radius 3 is 2.30 bits per heavy atom. The minimum Gasteiger partial charge on any atom is -0.386 e. The molecule has 23 heavy (non-hydrogen) atoms. The summed E-state index contributed by atoms with van der Waals surface area (Å²) in [5, 5.41) is 6.36. The van der Waals surface area contributed by atoms with Crippen LogP contribution >= 0.6 is 0 Å². The molecule has 1 unspecified atom stereocenters. The molecular formula is C17H16F2N2O2. The molecule has 1 amide bonds. The third-order valence-electron chi connectivity index (χ3n) is 3.09. The van der Waals surface area contributed by atoms with Crippen LogP contribution in [0.25, 0.3) is 0 Å². The molecule has 0 bridgehead atoms. The van der Waals surface area contributed by atoms with E-state index >= 15 is 0 Å². The molecule has 6 heteroatoms. The van der Waals surface area contributed by atoms with Crippen molar-refractivity contribution in [2.24, 2.45) is 5.16 Å². The normalized spacial score (nSPS) is 12.1. The molecule has 2 aromatic rings. The zero-order valence-electron chi connectivity index (χ0n) is 12.5. The van der Waals surface area contributed by atoms with E-state index in [0.29, 0.717) is 5.56 Å². The highest BCUT2D eigenvalue weighted by atomic mass is 19.1. The Hall–Kier alpha value is -2.76. The Balaban J connectivity index is 1.76. The van der Waals surface area contributed by atoms with Crippen LogP contribution in [0.4, 0.5) is 8.78 Å². The standard InChI is InChI=1S/C17H16F2N2O2/c1-12(14-4-8-16(19)9-5-14)21-17(22)11-23-20-10-13-2-6-15(18)7-3-13/h2-10,12H,11H2,1H3,(H,21,22)/b20-10+. The van der Waals surface area contributed by atoms with Gasteiger partial charge in [-0.15, -0.1) is 0 Å². The third-order valence-corrected chi connectivity index (χ3v) is 3.09. The number of carbonyl (C=O) groups excluding carboxylic acids is 1. The first kappa shape index (κ1) is 16.6. The zero-order chi connectivity index (χ0) is 16.7. The van der Waals surface area contributed by atoms with Crippen molar-refractivity contribution in [3.63, 3.8) is 0 Å². The van der Waals surface area contributed by atoms with Gasteiger partial charge in [-0.2, -0.15) is 0 Å². The van der Waals surface area contributed by atoms with Gasteiger partial charge in [-0.25, -0.2) is 8.78 Å². The number of benzene rings is 2. The average Bonchev–Trinajstić information content (AvgIpc) is 2.54. The molecule has 2 rings (SSSR count). The maximum absolute atomic E-state index is 12.8. The van der Waals surface area contributed by atoms with E-state index in [0.717, 1.165) is 5.56 Å². The van der Waals surface area contributed by atoms with Crippen LogP contribution in [0.2, 0.25) is 0 Å². The van der Waals surface area contributed by atoms with E-state index in [1.54, 1.807) is 31.2 Å². The molecular weight excluding hydrogens is 302 g/mol. The van der Waals surface area contributed by atoms with Gasteiger partial charge in [-0.05, 0) is 42.3 Å². The second kappa shape index (κ2) is 8.03. The number of hydrogen-bond donors (Lipinski definition) is 1. The number of carbonyl (C=O) groups is 1. The van der Waals surface area contributed by atoms with E-state index < -0.39 is 0 Å². The summed E-state index contributed by atoms with van der Waals surface area (Å²) in [4.78, 5) is 16.6. The fourth-order valence-electron chi connectivity index (χ4n) is 1.86. The smallest absolute Gasteiger partial charge is 0.261 e. The molecule has 0 saturated heterocycles. The van der Waals surface area contributed by atoms with Crippen molar-refractivity contribution in [3.8, 4) is 0 Å². The zero-order valence-corrected chi connectivity index (χ0v) is 12.5. The molecule has 0 aliphatic carbocycles. The van der Waals surface area contributed by atoms with Gasteiger partial charge >= 0.3 is 0 Å².